The summed E-state index contributed by atoms with van der Waals surface area (Å²) in [5, 5.41) is 3.59. The number of hydrogen-bond acceptors (Lipinski definition) is 1. The van der Waals surface area contributed by atoms with Crippen molar-refractivity contribution in [2.24, 2.45) is 5.41 Å². The molecule has 1 atom stereocenters. The lowest BCUT2D eigenvalue weighted by Crippen LogP contribution is -2.38. The Hall–Kier alpha value is -0.820. The van der Waals surface area contributed by atoms with Gasteiger partial charge in [0.15, 0.2) is 0 Å². The van der Waals surface area contributed by atoms with Crippen LogP contribution in [-0.4, -0.2) is 12.6 Å². The summed E-state index contributed by atoms with van der Waals surface area (Å²) in [5.74, 6) is 0. The zero-order valence-corrected chi connectivity index (χ0v) is 11.1. The highest BCUT2D eigenvalue weighted by Gasteiger charge is 2.18. The maximum Gasteiger partial charge on any atom is 0.00872 e. The third-order valence-electron chi connectivity index (χ3n) is 3.23. The highest BCUT2D eigenvalue weighted by molar-refractivity contribution is 5.14. The summed E-state index contributed by atoms with van der Waals surface area (Å²) in [6, 6.07) is 11.3. The van der Waals surface area contributed by atoms with Gasteiger partial charge in [-0.15, -0.1) is 0 Å². The Morgan fingerprint density at radius 1 is 1.12 bits per heavy atom. The minimum atomic E-state index is 0.354. The van der Waals surface area contributed by atoms with Crippen molar-refractivity contribution >= 4 is 0 Å². The van der Waals surface area contributed by atoms with E-state index in [0.717, 1.165) is 6.54 Å². The van der Waals surface area contributed by atoms with Gasteiger partial charge in [-0.3, -0.25) is 0 Å². The van der Waals surface area contributed by atoms with Crippen LogP contribution in [0.2, 0.25) is 0 Å². The molecule has 16 heavy (non-hydrogen) atoms. The van der Waals surface area contributed by atoms with Crippen molar-refractivity contribution in [2.75, 3.05) is 6.54 Å². The first-order valence-corrected chi connectivity index (χ1v) is 6.27. The van der Waals surface area contributed by atoms with Crippen molar-refractivity contribution in [3.63, 3.8) is 0 Å². The van der Waals surface area contributed by atoms with Crippen LogP contribution >= 0.6 is 0 Å². The lowest BCUT2D eigenvalue weighted by atomic mass is 9.88. The largest absolute Gasteiger partial charge is 0.314 e. The van der Waals surface area contributed by atoms with E-state index < -0.39 is 0 Å². The summed E-state index contributed by atoms with van der Waals surface area (Å²) in [4.78, 5) is 0. The Labute approximate surface area is 100 Å². The van der Waals surface area contributed by atoms with Gasteiger partial charge < -0.3 is 5.32 Å². The van der Waals surface area contributed by atoms with E-state index in [2.05, 4.69) is 63.3 Å². The Bertz CT molecular complexity index is 284. The van der Waals surface area contributed by atoms with E-state index in [-0.39, 0.29) is 0 Å². The van der Waals surface area contributed by atoms with E-state index in [9.17, 15) is 0 Å². The first-order chi connectivity index (χ1) is 7.50. The fraction of sp³-hybridized carbons (Fsp3) is 0.600. The Morgan fingerprint density at radius 2 is 1.75 bits per heavy atom. The van der Waals surface area contributed by atoms with E-state index >= 15 is 0 Å². The summed E-state index contributed by atoms with van der Waals surface area (Å²) in [6.07, 6.45) is 2.38. The molecule has 0 radical (unpaired) electrons. The Kier molecular flexibility index (Phi) is 5.01. The molecule has 0 aliphatic heterocycles. The van der Waals surface area contributed by atoms with Gasteiger partial charge in [0.1, 0.15) is 0 Å². The van der Waals surface area contributed by atoms with Crippen LogP contribution in [0.1, 0.15) is 39.7 Å². The molecule has 1 aromatic rings. The van der Waals surface area contributed by atoms with Gasteiger partial charge in [-0.25, -0.2) is 0 Å². The molecule has 0 fully saturated rings. The van der Waals surface area contributed by atoms with Crippen LogP contribution in [0.5, 0.6) is 0 Å². The van der Waals surface area contributed by atoms with Crippen LogP contribution < -0.4 is 5.32 Å². The van der Waals surface area contributed by atoms with Gasteiger partial charge in [0.2, 0.25) is 0 Å². The normalized spacial score (nSPS) is 13.8. The molecule has 0 aliphatic carbocycles. The van der Waals surface area contributed by atoms with E-state index in [1.165, 1.54) is 18.4 Å². The number of hydrogen-bond donors (Lipinski definition) is 1. The summed E-state index contributed by atoms with van der Waals surface area (Å²) in [7, 11) is 0. The molecule has 0 amide bonds. The van der Waals surface area contributed by atoms with Crippen molar-refractivity contribution < 1.29 is 0 Å². The van der Waals surface area contributed by atoms with Gasteiger partial charge in [-0.05, 0) is 37.3 Å². The number of nitrogens with one attached hydrogen (secondary N) is 1. The van der Waals surface area contributed by atoms with Crippen molar-refractivity contribution in [1.82, 2.24) is 5.32 Å². The monoisotopic (exact) mass is 219 g/mol. The van der Waals surface area contributed by atoms with E-state index in [1.807, 2.05) is 0 Å². The third-order valence-corrected chi connectivity index (χ3v) is 3.23. The fourth-order valence-corrected chi connectivity index (χ4v) is 1.56. The van der Waals surface area contributed by atoms with Crippen LogP contribution in [0.15, 0.2) is 30.3 Å². The summed E-state index contributed by atoms with van der Waals surface area (Å²) in [6.45, 7) is 10.2. The maximum absolute atomic E-state index is 3.59. The molecule has 0 spiro atoms. The van der Waals surface area contributed by atoms with Gasteiger partial charge in [0, 0.05) is 6.04 Å². The Balaban J connectivity index is 2.18. The zero-order chi connectivity index (χ0) is 12.0. The molecule has 1 N–H and O–H groups in total. The third kappa shape index (κ3) is 4.80. The second-order valence-electron chi connectivity index (χ2n) is 5.63. The summed E-state index contributed by atoms with van der Waals surface area (Å²) in [5.41, 5.74) is 1.79. The lowest BCUT2D eigenvalue weighted by Gasteiger charge is -2.28. The van der Waals surface area contributed by atoms with E-state index in [1.54, 1.807) is 0 Å². The predicted octanol–water partition coefficient (Wildman–Crippen LogP) is 3.64. The van der Waals surface area contributed by atoms with E-state index in [4.69, 9.17) is 0 Å². The molecule has 0 saturated carbocycles. The average Bonchev–Trinajstić information content (AvgIpc) is 2.24. The molecule has 1 rings (SSSR count). The zero-order valence-electron chi connectivity index (χ0n) is 11.1. The number of rotatable bonds is 5. The molecule has 0 aliphatic rings. The highest BCUT2D eigenvalue weighted by atomic mass is 14.9. The Morgan fingerprint density at radius 3 is 2.31 bits per heavy atom. The van der Waals surface area contributed by atoms with Crippen LogP contribution in [0, 0.1) is 5.41 Å². The van der Waals surface area contributed by atoms with Gasteiger partial charge in [-0.2, -0.15) is 0 Å². The molecule has 1 aromatic carbocycles. The van der Waals surface area contributed by atoms with Gasteiger partial charge in [-0.1, -0.05) is 51.1 Å². The summed E-state index contributed by atoms with van der Waals surface area (Å²) < 4.78 is 0. The SMILES string of the molecule is CC(NCCCc1ccccc1)C(C)(C)C. The van der Waals surface area contributed by atoms with Crippen molar-refractivity contribution in [3.8, 4) is 0 Å². The summed E-state index contributed by atoms with van der Waals surface area (Å²) >= 11 is 0. The standard InChI is InChI=1S/C15H25N/c1-13(15(2,3)4)16-12-8-11-14-9-6-5-7-10-14/h5-7,9-10,13,16H,8,11-12H2,1-4H3. The predicted molar refractivity (Wildman–Crippen MR) is 71.7 cm³/mol. The lowest BCUT2D eigenvalue weighted by molar-refractivity contribution is 0.286. The first kappa shape index (κ1) is 13.2. The van der Waals surface area contributed by atoms with Crippen LogP contribution in [0.3, 0.4) is 0 Å². The number of benzene rings is 1. The van der Waals surface area contributed by atoms with Gasteiger partial charge >= 0.3 is 0 Å². The molecule has 0 bridgehead atoms. The molecule has 90 valence electrons. The number of aryl methyl sites for hydroxylation is 1. The van der Waals surface area contributed by atoms with Gasteiger partial charge in [0.05, 0.1) is 0 Å². The molecule has 1 heteroatoms. The molecule has 0 aromatic heterocycles. The molecule has 0 heterocycles. The highest BCUT2D eigenvalue weighted by Crippen LogP contribution is 2.18. The minimum absolute atomic E-state index is 0.354. The maximum atomic E-state index is 3.59. The van der Waals surface area contributed by atoms with Crippen LogP contribution in [0.4, 0.5) is 0 Å². The van der Waals surface area contributed by atoms with Crippen LogP contribution in [0.25, 0.3) is 0 Å². The van der Waals surface area contributed by atoms with Gasteiger partial charge in [0.25, 0.3) is 0 Å². The van der Waals surface area contributed by atoms with E-state index in [0.29, 0.717) is 11.5 Å². The second-order valence-corrected chi connectivity index (χ2v) is 5.63. The second kappa shape index (κ2) is 6.05. The first-order valence-electron chi connectivity index (χ1n) is 6.27. The van der Waals surface area contributed by atoms with Crippen molar-refractivity contribution in [2.45, 2.75) is 46.6 Å². The molecule has 0 saturated heterocycles. The molecule has 1 nitrogen and oxygen atoms in total. The average molecular weight is 219 g/mol. The van der Waals surface area contributed by atoms with Crippen molar-refractivity contribution in [1.29, 1.82) is 0 Å². The van der Waals surface area contributed by atoms with Crippen molar-refractivity contribution in [3.05, 3.63) is 35.9 Å². The fourth-order valence-electron chi connectivity index (χ4n) is 1.56. The molecular formula is C15H25N. The molecular weight excluding hydrogens is 194 g/mol. The smallest absolute Gasteiger partial charge is 0.00872 e. The topological polar surface area (TPSA) is 12.0 Å². The minimum Gasteiger partial charge on any atom is -0.314 e. The molecule has 1 unspecified atom stereocenters. The van der Waals surface area contributed by atoms with Crippen LogP contribution in [-0.2, 0) is 6.42 Å². The quantitative estimate of drug-likeness (QED) is 0.745.